The monoisotopic (exact) mass is 221 g/mol. The Balaban J connectivity index is 2.22. The van der Waals surface area contributed by atoms with Crippen LogP contribution in [0.25, 0.3) is 0 Å². The van der Waals surface area contributed by atoms with E-state index in [9.17, 15) is 13.2 Å². The van der Waals surface area contributed by atoms with Crippen LogP contribution >= 0.6 is 11.3 Å². The molecule has 2 rings (SSSR count). The summed E-state index contributed by atoms with van der Waals surface area (Å²) < 4.78 is 41.8. The molecule has 0 fully saturated rings. The van der Waals surface area contributed by atoms with Gasteiger partial charge in [0.05, 0.1) is 4.88 Å². The molecule has 0 N–H and O–H groups in total. The largest absolute Gasteiger partial charge is 0.489 e. The first-order chi connectivity index (χ1) is 6.57. The minimum Gasteiger partial charge on any atom is -0.489 e. The van der Waals surface area contributed by atoms with E-state index in [2.05, 4.69) is 4.99 Å². The van der Waals surface area contributed by atoms with E-state index in [1.807, 2.05) is 0 Å². The van der Waals surface area contributed by atoms with Gasteiger partial charge in [0, 0.05) is 6.21 Å². The smallest absolute Gasteiger partial charge is 0.414 e. The number of fused-ring (bicyclic) bond motifs is 1. The molecule has 0 amide bonds. The summed E-state index contributed by atoms with van der Waals surface area (Å²) in [6, 6.07) is -0.104. The van der Waals surface area contributed by atoms with Gasteiger partial charge in [0.2, 0.25) is 0 Å². The molecule has 2 heterocycles. The van der Waals surface area contributed by atoms with Crippen molar-refractivity contribution in [2.24, 2.45) is 4.99 Å². The molecular formula is C8H6F3NOS. The minimum atomic E-state index is -4.33. The van der Waals surface area contributed by atoms with Gasteiger partial charge in [-0.15, -0.1) is 11.3 Å². The number of halogens is 3. The van der Waals surface area contributed by atoms with Gasteiger partial charge in [-0.2, -0.15) is 13.2 Å². The highest BCUT2D eigenvalue weighted by Crippen LogP contribution is 2.29. The molecule has 0 spiro atoms. The molecule has 0 saturated carbocycles. The standard InChI is InChI=1S/C8H6F3NOS/c9-8(10,11)7-4-13-5-1-2-14-6(5)3-12-7/h1-3,7H,4H2. The topological polar surface area (TPSA) is 21.6 Å². The second-order valence-corrected chi connectivity index (χ2v) is 3.74. The fraction of sp³-hybridized carbons (Fsp3) is 0.375. The van der Waals surface area contributed by atoms with Gasteiger partial charge in [0.15, 0.2) is 6.04 Å². The Morgan fingerprint density at radius 2 is 2.29 bits per heavy atom. The Morgan fingerprint density at radius 3 is 3.00 bits per heavy atom. The first-order valence-electron chi connectivity index (χ1n) is 3.87. The molecule has 2 nitrogen and oxygen atoms in total. The number of thiophene rings is 1. The first-order valence-corrected chi connectivity index (χ1v) is 4.75. The van der Waals surface area contributed by atoms with Crippen LogP contribution in [-0.2, 0) is 0 Å². The van der Waals surface area contributed by atoms with Crippen LogP contribution in [0.1, 0.15) is 4.88 Å². The normalized spacial score (nSPS) is 21.2. The number of ether oxygens (including phenoxy) is 1. The van der Waals surface area contributed by atoms with E-state index in [1.165, 1.54) is 17.6 Å². The van der Waals surface area contributed by atoms with Crippen molar-refractivity contribution in [2.45, 2.75) is 12.2 Å². The van der Waals surface area contributed by atoms with Crippen LogP contribution in [0.2, 0.25) is 0 Å². The Hall–Kier alpha value is -1.04. The maximum absolute atomic E-state index is 12.3. The van der Waals surface area contributed by atoms with Crippen LogP contribution in [0.4, 0.5) is 13.2 Å². The molecule has 0 aliphatic carbocycles. The molecule has 76 valence electrons. The van der Waals surface area contributed by atoms with Crippen LogP contribution < -0.4 is 4.74 Å². The van der Waals surface area contributed by atoms with E-state index in [1.54, 1.807) is 11.4 Å². The Bertz CT molecular complexity index is 358. The lowest BCUT2D eigenvalue weighted by atomic mass is 10.3. The van der Waals surface area contributed by atoms with E-state index < -0.39 is 18.8 Å². The third kappa shape index (κ3) is 1.75. The van der Waals surface area contributed by atoms with Gasteiger partial charge < -0.3 is 4.74 Å². The summed E-state index contributed by atoms with van der Waals surface area (Å²) in [5.74, 6) is 0.477. The Morgan fingerprint density at radius 1 is 1.50 bits per heavy atom. The number of hydrogen-bond donors (Lipinski definition) is 0. The molecule has 1 aliphatic heterocycles. The fourth-order valence-corrected chi connectivity index (χ4v) is 1.77. The fourth-order valence-electron chi connectivity index (χ4n) is 1.07. The third-order valence-electron chi connectivity index (χ3n) is 1.80. The minimum absolute atomic E-state index is 0.441. The zero-order chi connectivity index (χ0) is 10.2. The first kappa shape index (κ1) is 9.51. The van der Waals surface area contributed by atoms with Crippen molar-refractivity contribution in [3.63, 3.8) is 0 Å². The Kier molecular flexibility index (Phi) is 2.22. The molecule has 1 aromatic rings. The van der Waals surface area contributed by atoms with Gasteiger partial charge in [-0.05, 0) is 11.4 Å². The number of aliphatic imine (C=N–C) groups is 1. The summed E-state index contributed by atoms with van der Waals surface area (Å²) in [6.07, 6.45) is -3.10. The molecule has 1 atom stereocenters. The van der Waals surface area contributed by atoms with Gasteiger partial charge >= 0.3 is 6.18 Å². The van der Waals surface area contributed by atoms with Crippen molar-refractivity contribution >= 4 is 17.6 Å². The molecule has 6 heteroatoms. The van der Waals surface area contributed by atoms with Crippen LogP contribution in [-0.4, -0.2) is 25.0 Å². The van der Waals surface area contributed by atoms with E-state index in [4.69, 9.17) is 4.74 Å². The SMILES string of the molecule is FC(F)(F)C1COc2ccsc2C=N1. The lowest BCUT2D eigenvalue weighted by Crippen LogP contribution is -2.32. The quantitative estimate of drug-likeness (QED) is 0.659. The number of nitrogens with zero attached hydrogens (tertiary/aromatic N) is 1. The van der Waals surface area contributed by atoms with Gasteiger partial charge in [-0.3, -0.25) is 4.99 Å². The second-order valence-electron chi connectivity index (χ2n) is 2.80. The van der Waals surface area contributed by atoms with Crippen LogP contribution in [0, 0.1) is 0 Å². The number of rotatable bonds is 0. The van der Waals surface area contributed by atoms with Crippen molar-refractivity contribution in [3.05, 3.63) is 16.3 Å². The van der Waals surface area contributed by atoms with Gasteiger partial charge in [-0.25, -0.2) is 0 Å². The van der Waals surface area contributed by atoms with Crippen molar-refractivity contribution in [1.82, 2.24) is 0 Å². The van der Waals surface area contributed by atoms with Crippen molar-refractivity contribution in [1.29, 1.82) is 0 Å². The number of alkyl halides is 3. The average molecular weight is 221 g/mol. The predicted molar refractivity (Wildman–Crippen MR) is 47.3 cm³/mol. The summed E-state index contributed by atoms with van der Waals surface area (Å²) in [5.41, 5.74) is 0. The second kappa shape index (κ2) is 3.27. The summed E-state index contributed by atoms with van der Waals surface area (Å²) in [7, 11) is 0. The maximum atomic E-state index is 12.3. The zero-order valence-corrected chi connectivity index (χ0v) is 7.73. The Labute approximate surface area is 82.0 Å². The summed E-state index contributed by atoms with van der Waals surface area (Å²) in [5, 5.41) is 1.75. The van der Waals surface area contributed by atoms with Gasteiger partial charge in [-0.1, -0.05) is 0 Å². The third-order valence-corrected chi connectivity index (χ3v) is 2.64. The van der Waals surface area contributed by atoms with E-state index in [0.717, 1.165) is 0 Å². The molecule has 0 radical (unpaired) electrons. The van der Waals surface area contributed by atoms with Crippen molar-refractivity contribution < 1.29 is 17.9 Å². The molecule has 14 heavy (non-hydrogen) atoms. The van der Waals surface area contributed by atoms with Crippen molar-refractivity contribution in [3.8, 4) is 5.75 Å². The summed E-state index contributed by atoms with van der Waals surface area (Å²) in [4.78, 5) is 4.08. The van der Waals surface area contributed by atoms with E-state index >= 15 is 0 Å². The molecule has 0 saturated heterocycles. The number of hydrogen-bond acceptors (Lipinski definition) is 3. The molecule has 1 aliphatic rings. The van der Waals surface area contributed by atoms with E-state index in [0.29, 0.717) is 10.6 Å². The molecule has 1 aromatic heterocycles. The highest BCUT2D eigenvalue weighted by Gasteiger charge is 2.40. The van der Waals surface area contributed by atoms with Gasteiger partial charge in [0.25, 0.3) is 0 Å². The molecular weight excluding hydrogens is 215 g/mol. The molecule has 0 bridgehead atoms. The predicted octanol–water partition coefficient (Wildman–Crippen LogP) is 2.49. The lowest BCUT2D eigenvalue weighted by Gasteiger charge is -2.14. The van der Waals surface area contributed by atoms with E-state index in [-0.39, 0.29) is 0 Å². The summed E-state index contributed by atoms with van der Waals surface area (Å²) in [6.45, 7) is -0.441. The highest BCUT2D eigenvalue weighted by atomic mass is 32.1. The van der Waals surface area contributed by atoms with Crippen molar-refractivity contribution in [2.75, 3.05) is 6.61 Å². The van der Waals surface area contributed by atoms with Gasteiger partial charge in [0.1, 0.15) is 12.4 Å². The average Bonchev–Trinajstić information content (AvgIpc) is 2.42. The lowest BCUT2D eigenvalue weighted by molar-refractivity contribution is -0.152. The van der Waals surface area contributed by atoms with Crippen LogP contribution in [0.5, 0.6) is 5.75 Å². The van der Waals surface area contributed by atoms with Crippen LogP contribution in [0.15, 0.2) is 16.4 Å². The maximum Gasteiger partial charge on any atom is 0.414 e. The van der Waals surface area contributed by atoms with Crippen LogP contribution in [0.3, 0.4) is 0 Å². The zero-order valence-electron chi connectivity index (χ0n) is 6.91. The summed E-state index contributed by atoms with van der Waals surface area (Å²) >= 11 is 1.31. The molecule has 0 aromatic carbocycles. The molecule has 1 unspecified atom stereocenters. The highest BCUT2D eigenvalue weighted by molar-refractivity contribution is 7.12.